The molecule has 0 atom stereocenters. The van der Waals surface area contributed by atoms with Gasteiger partial charge in [0, 0.05) is 14.3 Å². The summed E-state index contributed by atoms with van der Waals surface area (Å²) in [6, 6.07) is 6.91. The van der Waals surface area contributed by atoms with Crippen molar-refractivity contribution < 1.29 is 0 Å². The Hall–Kier alpha value is -0.860. The van der Waals surface area contributed by atoms with E-state index in [2.05, 4.69) is 51.3 Å². The summed E-state index contributed by atoms with van der Waals surface area (Å²) in [5.41, 5.74) is 1.72. The summed E-state index contributed by atoms with van der Waals surface area (Å²) in [6.45, 7) is 9.16. The Bertz CT molecular complexity index is 693. The molecular formula is C15H16S2. The van der Waals surface area contributed by atoms with Crippen LogP contribution in [0.5, 0.6) is 0 Å². The van der Waals surface area contributed by atoms with Gasteiger partial charge >= 0.3 is 0 Å². The van der Waals surface area contributed by atoms with Crippen molar-refractivity contribution in [1.29, 1.82) is 0 Å². The van der Waals surface area contributed by atoms with E-state index in [0.29, 0.717) is 0 Å². The second-order valence-corrected chi connectivity index (χ2v) is 7.61. The van der Waals surface area contributed by atoms with Gasteiger partial charge < -0.3 is 0 Å². The van der Waals surface area contributed by atoms with Crippen LogP contribution in [0, 0.1) is 6.92 Å². The topological polar surface area (TPSA) is 0 Å². The number of fused-ring (bicyclic) bond motifs is 2. The maximum absolute atomic E-state index is 2.36. The van der Waals surface area contributed by atoms with Crippen LogP contribution in [0.2, 0.25) is 0 Å². The molecule has 0 unspecified atom stereocenters. The van der Waals surface area contributed by atoms with Crippen molar-refractivity contribution in [3.63, 3.8) is 0 Å². The molecule has 1 aromatic carbocycles. The van der Waals surface area contributed by atoms with E-state index < -0.39 is 0 Å². The lowest BCUT2D eigenvalue weighted by Gasteiger charge is -2.17. The lowest BCUT2D eigenvalue weighted by atomic mass is 9.91. The van der Waals surface area contributed by atoms with Gasteiger partial charge in [-0.3, -0.25) is 0 Å². The Morgan fingerprint density at radius 2 is 1.82 bits per heavy atom. The van der Waals surface area contributed by atoms with Gasteiger partial charge in [0.05, 0.1) is 0 Å². The van der Waals surface area contributed by atoms with Crippen LogP contribution in [0.15, 0.2) is 23.6 Å². The predicted octanol–water partition coefficient (Wildman–Crippen LogP) is 5.72. The van der Waals surface area contributed by atoms with Gasteiger partial charge in [-0.15, -0.1) is 22.7 Å². The molecule has 2 heteroatoms. The first kappa shape index (κ1) is 11.2. The van der Waals surface area contributed by atoms with Crippen molar-refractivity contribution in [1.82, 2.24) is 0 Å². The molecule has 0 spiro atoms. The molecule has 0 saturated carbocycles. The Morgan fingerprint density at radius 1 is 1.06 bits per heavy atom. The fourth-order valence-electron chi connectivity index (χ4n) is 2.39. The zero-order valence-electron chi connectivity index (χ0n) is 10.6. The van der Waals surface area contributed by atoms with Crippen LogP contribution in [0.25, 0.3) is 20.2 Å². The molecule has 0 aliphatic heterocycles. The quantitative estimate of drug-likeness (QED) is 0.485. The Morgan fingerprint density at radius 3 is 2.53 bits per heavy atom. The van der Waals surface area contributed by atoms with Crippen molar-refractivity contribution in [2.75, 3.05) is 0 Å². The van der Waals surface area contributed by atoms with E-state index in [0.717, 1.165) is 0 Å². The van der Waals surface area contributed by atoms with E-state index in [-0.39, 0.29) is 5.41 Å². The second kappa shape index (κ2) is 3.56. The van der Waals surface area contributed by atoms with E-state index in [4.69, 9.17) is 0 Å². The van der Waals surface area contributed by atoms with Crippen LogP contribution < -0.4 is 0 Å². The van der Waals surface area contributed by atoms with Crippen molar-refractivity contribution in [3.8, 4) is 0 Å². The zero-order chi connectivity index (χ0) is 12.2. The summed E-state index contributed by atoms with van der Waals surface area (Å²) in [4.78, 5) is 1.52. The monoisotopic (exact) mass is 260 g/mol. The minimum atomic E-state index is 0.251. The molecule has 88 valence electrons. The number of aryl methyl sites for hydroxylation is 1. The third-order valence-corrected chi connectivity index (χ3v) is 5.75. The normalized spacial score (nSPS) is 12.7. The van der Waals surface area contributed by atoms with Gasteiger partial charge in [0.1, 0.15) is 0 Å². The second-order valence-electron chi connectivity index (χ2n) is 5.61. The Balaban J connectivity index is 2.39. The summed E-state index contributed by atoms with van der Waals surface area (Å²) in [6.07, 6.45) is 0. The molecular weight excluding hydrogens is 244 g/mol. The summed E-state index contributed by atoms with van der Waals surface area (Å²) in [7, 11) is 0. The SMILES string of the molecule is Cc1c(C(C)(C)C)sc2cc3ccsc3cc12. The molecule has 0 aliphatic carbocycles. The highest BCUT2D eigenvalue weighted by Crippen LogP contribution is 2.40. The molecule has 17 heavy (non-hydrogen) atoms. The van der Waals surface area contributed by atoms with Gasteiger partial charge in [-0.25, -0.2) is 0 Å². The largest absolute Gasteiger partial charge is 0.144 e. The number of rotatable bonds is 0. The molecule has 0 bridgehead atoms. The third-order valence-electron chi connectivity index (χ3n) is 3.19. The Labute approximate surface area is 110 Å². The summed E-state index contributed by atoms with van der Waals surface area (Å²) in [5, 5.41) is 4.99. The van der Waals surface area contributed by atoms with Crippen LogP contribution in [0.4, 0.5) is 0 Å². The lowest BCUT2D eigenvalue weighted by Crippen LogP contribution is -2.09. The van der Waals surface area contributed by atoms with E-state index >= 15 is 0 Å². The molecule has 0 radical (unpaired) electrons. The fraction of sp³-hybridized carbons (Fsp3) is 0.333. The average molecular weight is 260 g/mol. The van der Waals surface area contributed by atoms with E-state index in [9.17, 15) is 0 Å². The van der Waals surface area contributed by atoms with E-state index in [1.54, 1.807) is 0 Å². The van der Waals surface area contributed by atoms with Gasteiger partial charge in [0.25, 0.3) is 0 Å². The van der Waals surface area contributed by atoms with Crippen LogP contribution in [-0.4, -0.2) is 0 Å². The molecule has 0 fully saturated rings. The minimum absolute atomic E-state index is 0.251. The third kappa shape index (κ3) is 1.71. The number of hydrogen-bond acceptors (Lipinski definition) is 2. The average Bonchev–Trinajstić information content (AvgIpc) is 2.79. The number of hydrogen-bond donors (Lipinski definition) is 0. The Kier molecular flexibility index (Phi) is 2.36. The summed E-state index contributed by atoms with van der Waals surface area (Å²) >= 11 is 3.79. The van der Waals surface area contributed by atoms with Crippen molar-refractivity contribution in [2.45, 2.75) is 33.1 Å². The van der Waals surface area contributed by atoms with E-state index in [1.165, 1.54) is 30.6 Å². The van der Waals surface area contributed by atoms with E-state index in [1.807, 2.05) is 22.7 Å². The molecule has 0 nitrogen and oxygen atoms in total. The molecule has 0 saturated heterocycles. The summed E-state index contributed by atoms with van der Waals surface area (Å²) in [5.74, 6) is 0. The first-order valence-electron chi connectivity index (χ1n) is 5.87. The first-order chi connectivity index (χ1) is 7.97. The smallest absolute Gasteiger partial charge is 0.0355 e. The zero-order valence-corrected chi connectivity index (χ0v) is 12.3. The molecule has 3 rings (SSSR count). The number of thiophene rings is 2. The maximum atomic E-state index is 2.36. The van der Waals surface area contributed by atoms with Crippen LogP contribution in [0.1, 0.15) is 31.2 Å². The van der Waals surface area contributed by atoms with Crippen LogP contribution >= 0.6 is 22.7 Å². The van der Waals surface area contributed by atoms with Gasteiger partial charge in [-0.2, -0.15) is 0 Å². The molecule has 2 aromatic heterocycles. The highest BCUT2D eigenvalue weighted by molar-refractivity contribution is 7.20. The molecule has 0 aliphatic rings. The van der Waals surface area contributed by atoms with Crippen LogP contribution in [0.3, 0.4) is 0 Å². The van der Waals surface area contributed by atoms with Crippen molar-refractivity contribution in [3.05, 3.63) is 34.0 Å². The minimum Gasteiger partial charge on any atom is -0.144 e. The maximum Gasteiger partial charge on any atom is 0.0355 e. The van der Waals surface area contributed by atoms with Crippen molar-refractivity contribution in [2.24, 2.45) is 0 Å². The summed E-state index contributed by atoms with van der Waals surface area (Å²) < 4.78 is 2.83. The highest BCUT2D eigenvalue weighted by Gasteiger charge is 2.20. The van der Waals surface area contributed by atoms with Gasteiger partial charge in [0.15, 0.2) is 0 Å². The van der Waals surface area contributed by atoms with Crippen molar-refractivity contribution >= 4 is 42.8 Å². The van der Waals surface area contributed by atoms with Gasteiger partial charge in [-0.1, -0.05) is 20.8 Å². The van der Waals surface area contributed by atoms with Crippen LogP contribution in [-0.2, 0) is 5.41 Å². The first-order valence-corrected chi connectivity index (χ1v) is 7.57. The molecule has 0 amide bonds. The van der Waals surface area contributed by atoms with Gasteiger partial charge in [0.2, 0.25) is 0 Å². The number of benzene rings is 1. The highest BCUT2D eigenvalue weighted by atomic mass is 32.1. The lowest BCUT2D eigenvalue weighted by molar-refractivity contribution is 0.601. The predicted molar refractivity (Wildman–Crippen MR) is 80.6 cm³/mol. The van der Waals surface area contributed by atoms with Gasteiger partial charge in [-0.05, 0) is 52.3 Å². The molecule has 3 aromatic rings. The standard InChI is InChI=1S/C15H16S2/c1-9-11-8-12-10(5-6-16-12)7-13(11)17-14(9)15(2,3)4/h5-8H,1-4H3. The fourth-order valence-corrected chi connectivity index (χ4v) is 4.50. The molecule has 2 heterocycles. The molecule has 0 N–H and O–H groups in total.